The van der Waals surface area contributed by atoms with Crippen LogP contribution in [0.25, 0.3) is 0 Å². The van der Waals surface area contributed by atoms with E-state index in [1.807, 2.05) is 30.3 Å². The topological polar surface area (TPSA) is 74.8 Å². The van der Waals surface area contributed by atoms with E-state index in [0.29, 0.717) is 25.7 Å². The molecule has 1 aliphatic heterocycles. The number of benzene rings is 2. The molecule has 0 radical (unpaired) electrons. The van der Waals surface area contributed by atoms with Crippen molar-refractivity contribution in [2.24, 2.45) is 4.99 Å². The van der Waals surface area contributed by atoms with Crippen molar-refractivity contribution in [2.75, 3.05) is 19.0 Å². The monoisotopic (exact) mass is 512 g/mol. The maximum absolute atomic E-state index is 13.3. The molecule has 1 unspecified atom stereocenters. The zero-order valence-electron chi connectivity index (χ0n) is 16.3. The number of amides is 1. The van der Waals surface area contributed by atoms with Crippen molar-refractivity contribution in [2.45, 2.75) is 32.0 Å². The molecule has 1 saturated heterocycles. The minimum absolute atomic E-state index is 0. The molecule has 0 aliphatic carbocycles. The van der Waals surface area contributed by atoms with Gasteiger partial charge in [-0.3, -0.25) is 9.79 Å². The molecule has 0 aromatic heterocycles. The van der Waals surface area contributed by atoms with E-state index < -0.39 is 0 Å². The van der Waals surface area contributed by atoms with E-state index in [2.05, 4.69) is 20.9 Å². The minimum Gasteiger partial charge on any atom is -0.368 e. The Hall–Kier alpha value is -2.20. The molecule has 156 valence electrons. The van der Waals surface area contributed by atoms with Gasteiger partial charge >= 0.3 is 0 Å². The Morgan fingerprint density at radius 1 is 1.14 bits per heavy atom. The van der Waals surface area contributed by atoms with Crippen LogP contribution in [-0.4, -0.2) is 31.6 Å². The summed E-state index contributed by atoms with van der Waals surface area (Å²) in [5.74, 6) is 0.248. The lowest BCUT2D eigenvalue weighted by atomic mass is 10.2. The molecule has 1 heterocycles. The number of carbonyl (C=O) groups excluding carboxylic acids is 1. The summed E-state index contributed by atoms with van der Waals surface area (Å²) in [7, 11) is 1.68. The van der Waals surface area contributed by atoms with Crippen LogP contribution in [0.3, 0.4) is 0 Å². The highest BCUT2D eigenvalue weighted by molar-refractivity contribution is 14.0. The van der Waals surface area contributed by atoms with Gasteiger partial charge in [0.25, 0.3) is 5.91 Å². The zero-order valence-corrected chi connectivity index (χ0v) is 18.6. The number of hydrogen-bond donors (Lipinski definition) is 3. The average Bonchev–Trinajstić information content (AvgIpc) is 3.23. The van der Waals surface area contributed by atoms with Gasteiger partial charge in [-0.2, -0.15) is 0 Å². The van der Waals surface area contributed by atoms with E-state index in [4.69, 9.17) is 4.74 Å². The Bertz CT molecular complexity index is 841. The fourth-order valence-electron chi connectivity index (χ4n) is 3.01. The van der Waals surface area contributed by atoms with Gasteiger partial charge in [0, 0.05) is 32.4 Å². The van der Waals surface area contributed by atoms with Crippen molar-refractivity contribution >= 4 is 41.5 Å². The molecule has 8 heteroatoms. The number of nitrogens with one attached hydrogen (secondary N) is 3. The predicted molar refractivity (Wildman–Crippen MR) is 123 cm³/mol. The summed E-state index contributed by atoms with van der Waals surface area (Å²) in [5, 5.41) is 9.27. The second-order valence-electron chi connectivity index (χ2n) is 6.60. The van der Waals surface area contributed by atoms with Crippen LogP contribution in [0.1, 0.15) is 24.0 Å². The van der Waals surface area contributed by atoms with Gasteiger partial charge in [-0.1, -0.05) is 24.3 Å². The van der Waals surface area contributed by atoms with Crippen molar-refractivity contribution in [3.05, 3.63) is 65.5 Å². The highest BCUT2D eigenvalue weighted by atomic mass is 127. The smallest absolute Gasteiger partial charge is 0.253 e. The quantitative estimate of drug-likeness (QED) is 0.315. The van der Waals surface area contributed by atoms with Crippen molar-refractivity contribution in [1.82, 2.24) is 10.6 Å². The summed E-state index contributed by atoms with van der Waals surface area (Å²) < 4.78 is 18.7. The normalized spacial score (nSPS) is 16.1. The first-order valence-corrected chi connectivity index (χ1v) is 9.34. The fraction of sp³-hybridized carbons (Fsp3) is 0.333. The van der Waals surface area contributed by atoms with Gasteiger partial charge in [-0.25, -0.2) is 4.39 Å². The molecule has 6 nitrogen and oxygen atoms in total. The number of guanidine groups is 1. The van der Waals surface area contributed by atoms with Gasteiger partial charge in [-0.15, -0.1) is 24.0 Å². The largest absolute Gasteiger partial charge is 0.368 e. The van der Waals surface area contributed by atoms with Gasteiger partial charge in [0.15, 0.2) is 5.96 Å². The van der Waals surface area contributed by atoms with Crippen LogP contribution in [-0.2, 0) is 22.6 Å². The molecule has 1 fully saturated rings. The maximum Gasteiger partial charge on any atom is 0.253 e. The van der Waals surface area contributed by atoms with Gasteiger partial charge in [0.2, 0.25) is 0 Å². The van der Waals surface area contributed by atoms with E-state index in [0.717, 1.165) is 29.7 Å². The Balaban J connectivity index is 0.00000300. The van der Waals surface area contributed by atoms with Crippen molar-refractivity contribution < 1.29 is 13.9 Å². The average molecular weight is 512 g/mol. The summed E-state index contributed by atoms with van der Waals surface area (Å²) in [6.07, 6.45) is 1.33. The first-order valence-electron chi connectivity index (χ1n) is 9.34. The van der Waals surface area contributed by atoms with Crippen molar-refractivity contribution in [3.63, 3.8) is 0 Å². The van der Waals surface area contributed by atoms with Crippen LogP contribution >= 0.6 is 24.0 Å². The van der Waals surface area contributed by atoms with Crippen molar-refractivity contribution in [1.29, 1.82) is 0 Å². The fourth-order valence-corrected chi connectivity index (χ4v) is 3.01. The van der Waals surface area contributed by atoms with Crippen LogP contribution in [0.4, 0.5) is 10.1 Å². The molecule has 1 amide bonds. The summed E-state index contributed by atoms with van der Waals surface area (Å²) in [5.41, 5.74) is 2.57. The van der Waals surface area contributed by atoms with Crippen LogP contribution in [0.5, 0.6) is 0 Å². The highest BCUT2D eigenvalue weighted by Gasteiger charge is 2.23. The number of nitrogens with zero attached hydrogens (tertiary/aromatic N) is 1. The predicted octanol–water partition coefficient (Wildman–Crippen LogP) is 3.43. The van der Waals surface area contributed by atoms with E-state index in [9.17, 15) is 9.18 Å². The number of hydrogen-bond acceptors (Lipinski definition) is 3. The summed E-state index contributed by atoms with van der Waals surface area (Å²) in [4.78, 5) is 16.4. The Morgan fingerprint density at radius 3 is 2.45 bits per heavy atom. The van der Waals surface area contributed by atoms with E-state index in [-0.39, 0.29) is 41.8 Å². The molecule has 2 aromatic rings. The van der Waals surface area contributed by atoms with Crippen LogP contribution in [0.15, 0.2) is 53.5 Å². The SMILES string of the molecule is CN=C(NCc1cccc(F)c1)NCc1cccc(NC(=O)C2CCCO2)c1.I. The molecular formula is C21H26FIN4O2. The number of aliphatic imine (C=N–C) groups is 1. The Kier molecular flexibility index (Phi) is 9.33. The second-order valence-corrected chi connectivity index (χ2v) is 6.60. The number of anilines is 1. The second kappa shape index (κ2) is 11.7. The van der Waals surface area contributed by atoms with E-state index in [1.54, 1.807) is 13.1 Å². The zero-order chi connectivity index (χ0) is 19.8. The minimum atomic E-state index is -0.354. The summed E-state index contributed by atoms with van der Waals surface area (Å²) in [6.45, 7) is 1.64. The number of carbonyl (C=O) groups is 1. The first kappa shape index (κ1) is 23.1. The third-order valence-electron chi connectivity index (χ3n) is 4.45. The summed E-state index contributed by atoms with van der Waals surface area (Å²) in [6, 6.07) is 14.1. The van der Waals surface area contributed by atoms with E-state index in [1.165, 1.54) is 12.1 Å². The lowest BCUT2D eigenvalue weighted by molar-refractivity contribution is -0.124. The van der Waals surface area contributed by atoms with Gasteiger partial charge in [0.05, 0.1) is 0 Å². The molecule has 0 saturated carbocycles. The standard InChI is InChI=1S/C21H25FN4O2.HI/c1-23-21(24-13-15-5-2-7-17(22)11-15)25-14-16-6-3-8-18(12-16)26-20(27)19-9-4-10-28-19;/h2-3,5-8,11-12,19H,4,9-10,13-14H2,1H3,(H,26,27)(H2,23,24,25);1H. The van der Waals surface area contributed by atoms with Crippen LogP contribution in [0, 0.1) is 5.82 Å². The van der Waals surface area contributed by atoms with Crippen molar-refractivity contribution in [3.8, 4) is 0 Å². The molecule has 0 bridgehead atoms. The number of ether oxygens (including phenoxy) is 1. The molecule has 3 N–H and O–H groups in total. The molecule has 3 rings (SSSR count). The van der Waals surface area contributed by atoms with Gasteiger partial charge in [0.1, 0.15) is 11.9 Å². The molecule has 1 atom stereocenters. The molecule has 2 aromatic carbocycles. The number of rotatable bonds is 6. The first-order chi connectivity index (χ1) is 13.6. The lowest BCUT2D eigenvalue weighted by Crippen LogP contribution is -2.36. The highest BCUT2D eigenvalue weighted by Crippen LogP contribution is 2.16. The van der Waals surface area contributed by atoms with E-state index >= 15 is 0 Å². The van der Waals surface area contributed by atoms with Crippen LogP contribution in [0.2, 0.25) is 0 Å². The van der Waals surface area contributed by atoms with Gasteiger partial charge in [-0.05, 0) is 48.2 Å². The molecule has 1 aliphatic rings. The van der Waals surface area contributed by atoms with Gasteiger partial charge < -0.3 is 20.7 Å². The third kappa shape index (κ3) is 7.28. The lowest BCUT2D eigenvalue weighted by Gasteiger charge is -2.14. The third-order valence-corrected chi connectivity index (χ3v) is 4.45. The molecular weight excluding hydrogens is 486 g/mol. The van der Waals surface area contributed by atoms with Crippen LogP contribution < -0.4 is 16.0 Å². The molecule has 0 spiro atoms. The summed E-state index contributed by atoms with van der Waals surface area (Å²) >= 11 is 0. The number of halogens is 2. The Labute approximate surface area is 187 Å². The Morgan fingerprint density at radius 2 is 1.83 bits per heavy atom. The molecule has 29 heavy (non-hydrogen) atoms. The maximum atomic E-state index is 13.3.